The van der Waals surface area contributed by atoms with Crippen LogP contribution in [0.25, 0.3) is 0 Å². The van der Waals surface area contributed by atoms with Gasteiger partial charge in [-0.15, -0.1) is 0 Å². The summed E-state index contributed by atoms with van der Waals surface area (Å²) in [6, 6.07) is -7.90. The molecule has 0 saturated carbocycles. The minimum absolute atomic E-state index is 0.0307. The second kappa shape index (κ2) is 18.8. The summed E-state index contributed by atoms with van der Waals surface area (Å²) in [7, 11) is 0. The Morgan fingerprint density at radius 3 is 1.70 bits per heavy atom. The third-order valence-electron chi connectivity index (χ3n) is 5.86. The van der Waals surface area contributed by atoms with E-state index < -0.39 is 96.7 Å². The van der Waals surface area contributed by atoms with Gasteiger partial charge in [-0.05, 0) is 32.6 Å². The van der Waals surface area contributed by atoms with Crippen molar-refractivity contribution >= 4 is 47.4 Å². The molecule has 0 aromatic carbocycles. The Balaban J connectivity index is 5.47. The number of aliphatic carboxylic acids is 2. The standard InChI is InChI=1S/C24H43N9O10/c1-10(2)17(33-19(38)12(4)29-18(37)11(3)30-20(39)13(25)8-16(35)36)22(41)31-14(6-5-7-28-24(26)27)21(40)32-15(9-34)23(42)43/h10-15,17,34H,5-9,25H2,1-4H3,(H,29,37)(H,30,39)(H,31,41)(H,32,40)(H,33,38)(H,35,36)(H,42,43)(H4,26,27,28). The number of nitrogens with two attached hydrogens (primary N) is 3. The number of carboxylic acid groups (broad SMARTS) is 2. The van der Waals surface area contributed by atoms with E-state index >= 15 is 0 Å². The Morgan fingerprint density at radius 1 is 0.721 bits per heavy atom. The van der Waals surface area contributed by atoms with Crippen LogP contribution in [0.4, 0.5) is 0 Å². The molecule has 0 rings (SSSR count). The van der Waals surface area contributed by atoms with Crippen molar-refractivity contribution in [1.29, 1.82) is 0 Å². The van der Waals surface area contributed by atoms with Crippen LogP contribution in [0.1, 0.15) is 47.0 Å². The first-order chi connectivity index (χ1) is 19.9. The predicted molar refractivity (Wildman–Crippen MR) is 151 cm³/mol. The number of carbonyl (C=O) groups excluding carboxylic acids is 5. The van der Waals surface area contributed by atoms with Crippen molar-refractivity contribution in [3.63, 3.8) is 0 Å². The van der Waals surface area contributed by atoms with Crippen LogP contribution in [-0.4, -0.2) is 112 Å². The number of guanidine groups is 1. The Bertz CT molecular complexity index is 1050. The van der Waals surface area contributed by atoms with Gasteiger partial charge < -0.3 is 59.1 Å². The van der Waals surface area contributed by atoms with Crippen molar-refractivity contribution in [2.75, 3.05) is 13.2 Å². The number of rotatable bonds is 19. The van der Waals surface area contributed by atoms with E-state index in [1.165, 1.54) is 13.8 Å². The zero-order valence-corrected chi connectivity index (χ0v) is 24.5. The maximum absolute atomic E-state index is 13.2. The molecule has 0 saturated heterocycles. The number of nitrogens with zero attached hydrogens (tertiary/aromatic N) is 1. The van der Waals surface area contributed by atoms with Crippen molar-refractivity contribution in [1.82, 2.24) is 26.6 Å². The molecule has 0 bridgehead atoms. The molecule has 19 nitrogen and oxygen atoms in total. The Labute approximate surface area is 247 Å². The fourth-order valence-corrected chi connectivity index (χ4v) is 3.38. The summed E-state index contributed by atoms with van der Waals surface area (Å²) in [6.45, 7) is 5.00. The lowest BCUT2D eigenvalue weighted by molar-refractivity contribution is -0.143. The van der Waals surface area contributed by atoms with Crippen molar-refractivity contribution < 1.29 is 48.9 Å². The average Bonchev–Trinajstić information content (AvgIpc) is 2.90. The van der Waals surface area contributed by atoms with E-state index in [0.29, 0.717) is 0 Å². The van der Waals surface area contributed by atoms with Gasteiger partial charge in [-0.2, -0.15) is 0 Å². The van der Waals surface area contributed by atoms with Crippen molar-refractivity contribution in [3.8, 4) is 0 Å². The van der Waals surface area contributed by atoms with Crippen LogP contribution in [0.5, 0.6) is 0 Å². The zero-order chi connectivity index (χ0) is 33.4. The molecule has 6 unspecified atom stereocenters. The number of hydrogen-bond acceptors (Lipinski definition) is 10. The second-order valence-corrected chi connectivity index (χ2v) is 9.99. The first-order valence-corrected chi connectivity index (χ1v) is 13.3. The summed E-state index contributed by atoms with van der Waals surface area (Å²) in [5.41, 5.74) is 16.0. The summed E-state index contributed by atoms with van der Waals surface area (Å²) in [5.74, 6) is -7.69. The third-order valence-corrected chi connectivity index (χ3v) is 5.86. The molecule has 0 aliphatic carbocycles. The summed E-state index contributed by atoms with van der Waals surface area (Å²) in [5, 5.41) is 38.8. The van der Waals surface area contributed by atoms with E-state index in [2.05, 4.69) is 31.6 Å². The summed E-state index contributed by atoms with van der Waals surface area (Å²) < 4.78 is 0. The molecule has 0 radical (unpaired) electrons. The van der Waals surface area contributed by atoms with Crippen LogP contribution in [0.15, 0.2) is 4.99 Å². The number of aliphatic hydroxyl groups is 1. The van der Waals surface area contributed by atoms with Gasteiger partial charge in [0, 0.05) is 6.54 Å². The summed E-state index contributed by atoms with van der Waals surface area (Å²) in [6.07, 6.45) is -0.486. The van der Waals surface area contributed by atoms with E-state index in [0.717, 1.165) is 0 Å². The SMILES string of the molecule is CC(NC(=O)C(N)CC(=O)O)C(=O)NC(C)C(=O)NC(C(=O)NC(CCCN=C(N)N)C(=O)NC(CO)C(=O)O)C(C)C. The molecule has 0 aromatic rings. The molecular weight excluding hydrogens is 574 g/mol. The predicted octanol–water partition coefficient (Wildman–Crippen LogP) is -4.96. The van der Waals surface area contributed by atoms with Crippen molar-refractivity contribution in [2.24, 2.45) is 28.1 Å². The largest absolute Gasteiger partial charge is 0.481 e. The highest BCUT2D eigenvalue weighted by molar-refractivity contribution is 5.96. The van der Waals surface area contributed by atoms with E-state index in [9.17, 15) is 38.7 Å². The van der Waals surface area contributed by atoms with Gasteiger partial charge in [-0.3, -0.25) is 33.8 Å². The normalized spacial score (nSPS) is 15.0. The van der Waals surface area contributed by atoms with Gasteiger partial charge in [-0.1, -0.05) is 13.8 Å². The van der Waals surface area contributed by atoms with Crippen molar-refractivity contribution in [3.05, 3.63) is 0 Å². The van der Waals surface area contributed by atoms with Gasteiger partial charge in [0.1, 0.15) is 30.2 Å². The van der Waals surface area contributed by atoms with Crippen LogP contribution >= 0.6 is 0 Å². The third kappa shape index (κ3) is 14.8. The number of carboxylic acids is 2. The fraction of sp³-hybridized carbons (Fsp3) is 0.667. The minimum atomic E-state index is -1.63. The molecule has 0 aliphatic rings. The Hall–Kier alpha value is -4.52. The molecule has 43 heavy (non-hydrogen) atoms. The number of aliphatic imine (C=N–C) groups is 1. The molecule has 6 atom stereocenters. The monoisotopic (exact) mass is 617 g/mol. The molecule has 0 fully saturated rings. The molecular formula is C24H43N9O10. The average molecular weight is 618 g/mol. The molecule has 0 aromatic heterocycles. The molecule has 14 N–H and O–H groups in total. The highest BCUT2D eigenvalue weighted by Gasteiger charge is 2.32. The van der Waals surface area contributed by atoms with Gasteiger partial charge in [0.2, 0.25) is 29.5 Å². The smallest absolute Gasteiger partial charge is 0.328 e. The van der Waals surface area contributed by atoms with Gasteiger partial charge in [0.05, 0.1) is 19.1 Å². The van der Waals surface area contributed by atoms with E-state index in [4.69, 9.17) is 27.4 Å². The van der Waals surface area contributed by atoms with Crippen molar-refractivity contribution in [2.45, 2.75) is 83.2 Å². The molecule has 5 amide bonds. The molecule has 0 heterocycles. The number of amides is 5. The lowest BCUT2D eigenvalue weighted by atomic mass is 10.0. The Morgan fingerprint density at radius 2 is 1.23 bits per heavy atom. The zero-order valence-electron chi connectivity index (χ0n) is 24.5. The van der Waals surface area contributed by atoms with Gasteiger partial charge in [0.15, 0.2) is 5.96 Å². The highest BCUT2D eigenvalue weighted by atomic mass is 16.4. The summed E-state index contributed by atoms with van der Waals surface area (Å²) in [4.78, 5) is 88.9. The quantitative estimate of drug-likeness (QED) is 0.0368. The van der Waals surface area contributed by atoms with E-state index in [1.807, 2.05) is 0 Å². The van der Waals surface area contributed by atoms with Crippen LogP contribution in [0, 0.1) is 5.92 Å². The first kappa shape index (κ1) is 38.5. The second-order valence-electron chi connectivity index (χ2n) is 9.99. The molecule has 19 heteroatoms. The number of nitrogens with one attached hydrogen (secondary N) is 5. The van der Waals surface area contributed by atoms with Crippen LogP contribution < -0.4 is 43.8 Å². The highest BCUT2D eigenvalue weighted by Crippen LogP contribution is 2.06. The number of hydrogen-bond donors (Lipinski definition) is 11. The van der Waals surface area contributed by atoms with E-state index in [-0.39, 0.29) is 25.3 Å². The van der Waals surface area contributed by atoms with Gasteiger partial charge >= 0.3 is 11.9 Å². The maximum atomic E-state index is 13.2. The first-order valence-electron chi connectivity index (χ1n) is 13.3. The minimum Gasteiger partial charge on any atom is -0.481 e. The molecule has 0 aliphatic heterocycles. The van der Waals surface area contributed by atoms with Gasteiger partial charge in [0.25, 0.3) is 0 Å². The van der Waals surface area contributed by atoms with Crippen LogP contribution in [0.3, 0.4) is 0 Å². The number of carbonyl (C=O) groups is 7. The van der Waals surface area contributed by atoms with Crippen LogP contribution in [0.2, 0.25) is 0 Å². The fourth-order valence-electron chi connectivity index (χ4n) is 3.38. The molecule has 244 valence electrons. The lowest BCUT2D eigenvalue weighted by Crippen LogP contribution is -2.59. The van der Waals surface area contributed by atoms with Crippen LogP contribution in [-0.2, 0) is 33.6 Å². The molecule has 0 spiro atoms. The lowest BCUT2D eigenvalue weighted by Gasteiger charge is -2.27. The maximum Gasteiger partial charge on any atom is 0.328 e. The Kier molecular flexibility index (Phi) is 16.8. The van der Waals surface area contributed by atoms with Gasteiger partial charge in [-0.25, -0.2) is 4.79 Å². The summed E-state index contributed by atoms with van der Waals surface area (Å²) >= 11 is 0. The topological polar surface area (TPSA) is 331 Å². The van der Waals surface area contributed by atoms with E-state index in [1.54, 1.807) is 13.8 Å². The number of aliphatic hydroxyl groups excluding tert-OH is 1.